The number of fused-ring (bicyclic) bond motifs is 5. The van der Waals surface area contributed by atoms with E-state index in [1.807, 2.05) is 0 Å². The van der Waals surface area contributed by atoms with Crippen molar-refractivity contribution >= 4 is 148 Å². The molecule has 0 aromatic heterocycles. The van der Waals surface area contributed by atoms with E-state index in [9.17, 15) is 0 Å². The molecule has 0 amide bonds. The highest BCUT2D eigenvalue weighted by Gasteiger charge is 2.98. The summed E-state index contributed by atoms with van der Waals surface area (Å²) in [5.74, 6) is 0. The molecule has 124 valence electrons. The summed E-state index contributed by atoms with van der Waals surface area (Å²) in [7, 11) is 0. The summed E-state index contributed by atoms with van der Waals surface area (Å²) in [5.41, 5.74) is 0. The predicted octanol–water partition coefficient (Wildman–Crippen LogP) is 7.98. The fraction of sp³-hybridized carbons (Fsp3) is 0.600. The lowest BCUT2D eigenvalue weighted by atomic mass is 9.82. The van der Waals surface area contributed by atoms with Crippen molar-refractivity contribution < 1.29 is 0 Å². The first-order valence-electron chi connectivity index (χ1n) is 5.27. The molecular weight excluding hydrogens is 634 g/mol. The summed E-state index contributed by atoms with van der Waals surface area (Å²) >= 11 is 71.9. The lowest BCUT2D eigenvalue weighted by molar-refractivity contribution is 0.468. The molecule has 0 heterocycles. The molecule has 0 saturated heterocycles. The Kier molecular flexibility index (Phi) is 4.59. The average molecular weight is 634 g/mol. The number of hydrogen-bond donors (Lipinski definition) is 0. The first-order valence-corrected chi connectivity index (χ1v) is 10.6. The van der Waals surface area contributed by atoms with E-state index in [2.05, 4.69) is 31.9 Å². The monoisotopic (exact) mass is 628 g/mol. The van der Waals surface area contributed by atoms with Crippen molar-refractivity contribution in [1.29, 1.82) is 0 Å². The van der Waals surface area contributed by atoms with E-state index in [1.54, 1.807) is 0 Å². The summed E-state index contributed by atoms with van der Waals surface area (Å²) in [6.45, 7) is 0. The molecule has 2 bridgehead atoms. The summed E-state index contributed by atoms with van der Waals surface area (Å²) in [6, 6.07) is 0. The molecule has 6 atom stereocenters. The molecule has 0 aromatic carbocycles. The molecule has 0 spiro atoms. The van der Waals surface area contributed by atoms with E-state index in [-0.39, 0.29) is 20.1 Å². The Morgan fingerprint density at radius 1 is 0.545 bits per heavy atom. The number of rotatable bonds is 0. The molecule has 3 rings (SSSR count). The number of halogens is 12. The van der Waals surface area contributed by atoms with E-state index in [4.69, 9.17) is 116 Å². The van der Waals surface area contributed by atoms with Crippen LogP contribution in [0, 0.1) is 0 Å². The predicted molar refractivity (Wildman–Crippen MR) is 107 cm³/mol. The maximum atomic E-state index is 6.83. The van der Waals surface area contributed by atoms with E-state index in [0.717, 1.165) is 0 Å². The standard InChI is InChI=1S/C10Br2Cl10/c11-8(20)4(16)3(15)5(17)6(18)1(13)2(14)7(19,9(5,8)21)10(6,12)22/t5-,6-,7+,8-,9+,10-/m0/s1. The van der Waals surface area contributed by atoms with Gasteiger partial charge in [0.15, 0.2) is 7.57 Å². The van der Waals surface area contributed by atoms with Crippen molar-refractivity contribution in [3.8, 4) is 0 Å². The second kappa shape index (κ2) is 5.03. The fourth-order valence-corrected chi connectivity index (χ4v) is 11.2. The van der Waals surface area contributed by atoms with Gasteiger partial charge < -0.3 is 0 Å². The zero-order chi connectivity index (χ0) is 17.3. The minimum absolute atomic E-state index is 0.0774. The molecule has 1 fully saturated rings. The molecule has 0 N–H and O–H groups in total. The van der Waals surface area contributed by atoms with Gasteiger partial charge in [0.2, 0.25) is 0 Å². The number of alkyl halides is 8. The van der Waals surface area contributed by atoms with E-state index in [0.29, 0.717) is 0 Å². The first-order chi connectivity index (χ1) is 9.63. The van der Waals surface area contributed by atoms with Crippen molar-refractivity contribution in [2.45, 2.75) is 27.1 Å². The van der Waals surface area contributed by atoms with Gasteiger partial charge in [-0.25, -0.2) is 0 Å². The average Bonchev–Trinajstić information content (AvgIpc) is 2.65. The van der Waals surface area contributed by atoms with Gasteiger partial charge in [0.05, 0.1) is 20.1 Å². The van der Waals surface area contributed by atoms with Gasteiger partial charge >= 0.3 is 0 Å². The van der Waals surface area contributed by atoms with Gasteiger partial charge in [-0.15, -0.1) is 58.0 Å². The van der Waals surface area contributed by atoms with Crippen molar-refractivity contribution in [1.82, 2.24) is 0 Å². The third kappa shape index (κ3) is 1.46. The summed E-state index contributed by atoms with van der Waals surface area (Å²) in [4.78, 5) is -7.33. The Labute approximate surface area is 192 Å². The minimum Gasteiger partial charge on any atom is -0.111 e. The second-order valence-corrected chi connectivity index (χ2v) is 13.2. The van der Waals surface area contributed by atoms with Gasteiger partial charge in [0, 0.05) is 0 Å². The van der Waals surface area contributed by atoms with Gasteiger partial charge in [-0.2, -0.15) is 0 Å². The Bertz CT molecular complexity index is 685. The summed E-state index contributed by atoms with van der Waals surface area (Å²) in [6.07, 6.45) is 0. The van der Waals surface area contributed by atoms with Crippen LogP contribution in [0.2, 0.25) is 0 Å². The van der Waals surface area contributed by atoms with Crippen LogP contribution in [0.15, 0.2) is 20.1 Å². The Morgan fingerprint density at radius 2 is 0.909 bits per heavy atom. The van der Waals surface area contributed by atoms with Crippen LogP contribution in [0.5, 0.6) is 0 Å². The lowest BCUT2D eigenvalue weighted by Crippen LogP contribution is -2.64. The van der Waals surface area contributed by atoms with Gasteiger partial charge in [-0.3, -0.25) is 0 Å². The summed E-state index contributed by atoms with van der Waals surface area (Å²) in [5, 5.41) is -0.383. The molecule has 0 nitrogen and oxygen atoms in total. The number of hydrogen-bond acceptors (Lipinski definition) is 0. The highest BCUT2D eigenvalue weighted by Crippen LogP contribution is 2.89. The summed E-state index contributed by atoms with van der Waals surface area (Å²) < 4.78 is -3.38. The van der Waals surface area contributed by atoms with Crippen LogP contribution >= 0.6 is 148 Å². The third-order valence-electron chi connectivity index (χ3n) is 4.29. The van der Waals surface area contributed by atoms with Crippen molar-refractivity contribution in [3.63, 3.8) is 0 Å². The Morgan fingerprint density at radius 3 is 1.36 bits per heavy atom. The topological polar surface area (TPSA) is 0 Å². The second-order valence-electron chi connectivity index (χ2n) is 5.04. The normalized spacial score (nSPS) is 60.5. The Balaban J connectivity index is 2.57. The lowest BCUT2D eigenvalue weighted by Gasteiger charge is -2.49. The van der Waals surface area contributed by atoms with E-state index < -0.39 is 27.1 Å². The highest BCUT2D eigenvalue weighted by molar-refractivity contribution is 9.11. The molecule has 22 heavy (non-hydrogen) atoms. The van der Waals surface area contributed by atoms with Crippen molar-refractivity contribution in [2.75, 3.05) is 0 Å². The molecule has 12 heteroatoms. The van der Waals surface area contributed by atoms with Crippen LogP contribution < -0.4 is 0 Å². The van der Waals surface area contributed by atoms with Crippen molar-refractivity contribution in [2.24, 2.45) is 0 Å². The molecule has 3 aliphatic rings. The quantitative estimate of drug-likeness (QED) is 0.237. The molecular formula is C10Br2Cl10. The smallest absolute Gasteiger partial charge is 0.111 e. The number of allylic oxidation sites excluding steroid dienone is 4. The maximum Gasteiger partial charge on any atom is 0.159 e. The van der Waals surface area contributed by atoms with Crippen LogP contribution in [-0.2, 0) is 0 Å². The molecule has 0 aromatic rings. The zero-order valence-electron chi connectivity index (χ0n) is 9.54. The fourth-order valence-electron chi connectivity index (χ4n) is 3.20. The molecule has 3 aliphatic carbocycles. The van der Waals surface area contributed by atoms with Gasteiger partial charge in [-0.1, -0.05) is 89.9 Å². The van der Waals surface area contributed by atoms with Gasteiger partial charge in [-0.05, 0) is 0 Å². The minimum atomic E-state index is -1.85. The van der Waals surface area contributed by atoms with Crippen LogP contribution in [0.3, 0.4) is 0 Å². The first kappa shape index (κ1) is 20.1. The zero-order valence-corrected chi connectivity index (χ0v) is 20.3. The SMILES string of the molecule is ClC1=C(Cl)[C@]2(Cl)[C@](Cl)(Br)[C@@]1(Cl)[C@@]1(Cl)C(Cl)=C(Cl)[C@@](Cl)(Br)[C@]21Cl. The van der Waals surface area contributed by atoms with Crippen molar-refractivity contribution in [3.05, 3.63) is 20.1 Å². The molecule has 0 unspecified atom stereocenters. The van der Waals surface area contributed by atoms with E-state index >= 15 is 0 Å². The molecule has 1 saturated carbocycles. The van der Waals surface area contributed by atoms with Gasteiger partial charge in [0.25, 0.3) is 0 Å². The molecule has 0 radical (unpaired) electrons. The van der Waals surface area contributed by atoms with Crippen LogP contribution in [0.1, 0.15) is 0 Å². The Hall–Kier alpha value is 3.34. The molecule has 0 aliphatic heterocycles. The largest absolute Gasteiger partial charge is 0.159 e. The van der Waals surface area contributed by atoms with Gasteiger partial charge in [0.1, 0.15) is 19.5 Å². The maximum absolute atomic E-state index is 6.83. The highest BCUT2D eigenvalue weighted by atomic mass is 79.9. The van der Waals surface area contributed by atoms with Crippen LogP contribution in [0.25, 0.3) is 0 Å². The van der Waals surface area contributed by atoms with Crippen LogP contribution in [-0.4, -0.2) is 27.1 Å². The van der Waals surface area contributed by atoms with Crippen LogP contribution in [0.4, 0.5) is 0 Å². The van der Waals surface area contributed by atoms with E-state index in [1.165, 1.54) is 0 Å². The third-order valence-corrected chi connectivity index (χ3v) is 14.6.